The highest BCUT2D eigenvalue weighted by molar-refractivity contribution is 5.96. The smallest absolute Gasteiger partial charge is 0.203 e. The Bertz CT molecular complexity index is 476. The van der Waals surface area contributed by atoms with E-state index in [-0.39, 0.29) is 11.7 Å². The van der Waals surface area contributed by atoms with E-state index in [2.05, 4.69) is 0 Å². The van der Waals surface area contributed by atoms with E-state index in [9.17, 15) is 4.79 Å². The molecule has 19 heavy (non-hydrogen) atoms. The second-order valence-corrected chi connectivity index (χ2v) is 4.47. The number of hydrogen-bond acceptors (Lipinski definition) is 4. The van der Waals surface area contributed by atoms with E-state index in [4.69, 9.17) is 14.2 Å². The van der Waals surface area contributed by atoms with Crippen molar-refractivity contribution in [3.63, 3.8) is 0 Å². The van der Waals surface area contributed by atoms with Gasteiger partial charge in [0.15, 0.2) is 17.3 Å². The van der Waals surface area contributed by atoms with Crippen molar-refractivity contribution < 1.29 is 19.0 Å². The van der Waals surface area contributed by atoms with Crippen LogP contribution in [-0.4, -0.2) is 27.1 Å². The highest BCUT2D eigenvalue weighted by Gasteiger charge is 2.27. The molecule has 0 unspecified atom stereocenters. The number of carbonyl (C=O) groups is 1. The molecule has 0 radical (unpaired) electrons. The molecule has 1 fully saturated rings. The summed E-state index contributed by atoms with van der Waals surface area (Å²) in [6.45, 7) is 0. The van der Waals surface area contributed by atoms with Gasteiger partial charge in [0.2, 0.25) is 5.75 Å². The van der Waals surface area contributed by atoms with E-state index >= 15 is 0 Å². The van der Waals surface area contributed by atoms with Crippen LogP contribution in [0.4, 0.5) is 0 Å². The fourth-order valence-electron chi connectivity index (χ4n) is 1.88. The van der Waals surface area contributed by atoms with Crippen LogP contribution in [0.5, 0.6) is 17.2 Å². The molecule has 4 nitrogen and oxygen atoms in total. The van der Waals surface area contributed by atoms with Crippen LogP contribution in [0, 0.1) is 5.92 Å². The SMILES string of the molecule is COc1cc(/C=C/C(=O)C2CC2)cc(OC)c1OC. The van der Waals surface area contributed by atoms with Crippen LogP contribution < -0.4 is 14.2 Å². The Morgan fingerprint density at radius 3 is 2.11 bits per heavy atom. The molecule has 0 bridgehead atoms. The molecule has 0 saturated heterocycles. The molecule has 1 aromatic rings. The van der Waals surface area contributed by atoms with Gasteiger partial charge in [-0.15, -0.1) is 0 Å². The summed E-state index contributed by atoms with van der Waals surface area (Å²) >= 11 is 0. The topological polar surface area (TPSA) is 44.8 Å². The van der Waals surface area contributed by atoms with Gasteiger partial charge in [0.05, 0.1) is 21.3 Å². The van der Waals surface area contributed by atoms with Gasteiger partial charge >= 0.3 is 0 Å². The third-order valence-electron chi connectivity index (χ3n) is 3.11. The minimum atomic E-state index is 0.189. The number of allylic oxidation sites excluding steroid dienone is 1. The van der Waals surface area contributed by atoms with E-state index in [0.29, 0.717) is 17.2 Å². The molecule has 0 aromatic heterocycles. The van der Waals surface area contributed by atoms with Gasteiger partial charge in [0.25, 0.3) is 0 Å². The fraction of sp³-hybridized carbons (Fsp3) is 0.400. The highest BCUT2D eigenvalue weighted by Crippen LogP contribution is 2.38. The molecular weight excluding hydrogens is 244 g/mol. The van der Waals surface area contributed by atoms with Crippen LogP contribution in [0.1, 0.15) is 18.4 Å². The third-order valence-corrected chi connectivity index (χ3v) is 3.11. The molecule has 1 aromatic carbocycles. The van der Waals surface area contributed by atoms with Gasteiger partial charge < -0.3 is 14.2 Å². The molecule has 0 N–H and O–H groups in total. The molecule has 0 atom stereocenters. The van der Waals surface area contributed by atoms with E-state index in [0.717, 1.165) is 18.4 Å². The second-order valence-electron chi connectivity index (χ2n) is 4.47. The van der Waals surface area contributed by atoms with E-state index in [1.807, 2.05) is 12.1 Å². The first-order valence-corrected chi connectivity index (χ1v) is 6.21. The Balaban J connectivity index is 2.27. The predicted octanol–water partition coefficient (Wildman–Crippen LogP) is 2.70. The predicted molar refractivity (Wildman–Crippen MR) is 72.9 cm³/mol. The lowest BCUT2D eigenvalue weighted by molar-refractivity contribution is -0.115. The van der Waals surface area contributed by atoms with E-state index in [1.54, 1.807) is 33.5 Å². The van der Waals surface area contributed by atoms with Gasteiger partial charge in [-0.05, 0) is 36.6 Å². The number of ketones is 1. The molecule has 0 heterocycles. The maximum atomic E-state index is 11.6. The summed E-state index contributed by atoms with van der Waals surface area (Å²) in [6, 6.07) is 3.63. The first-order valence-electron chi connectivity index (χ1n) is 6.21. The van der Waals surface area contributed by atoms with Gasteiger partial charge in [0.1, 0.15) is 0 Å². The van der Waals surface area contributed by atoms with Crippen molar-refractivity contribution in [2.75, 3.05) is 21.3 Å². The summed E-state index contributed by atoms with van der Waals surface area (Å²) in [5.41, 5.74) is 0.850. The Kier molecular flexibility index (Phi) is 4.10. The zero-order valence-corrected chi connectivity index (χ0v) is 11.4. The molecule has 1 saturated carbocycles. The van der Waals surface area contributed by atoms with Crippen molar-refractivity contribution in [1.29, 1.82) is 0 Å². The lowest BCUT2D eigenvalue weighted by Gasteiger charge is -2.12. The van der Waals surface area contributed by atoms with Crippen molar-refractivity contribution >= 4 is 11.9 Å². The quantitative estimate of drug-likeness (QED) is 0.739. The van der Waals surface area contributed by atoms with Crippen LogP contribution >= 0.6 is 0 Å². The summed E-state index contributed by atoms with van der Waals surface area (Å²) in [6.07, 6.45) is 5.43. The van der Waals surface area contributed by atoms with Crippen LogP contribution in [0.2, 0.25) is 0 Å². The molecule has 2 rings (SSSR count). The number of benzene rings is 1. The Hall–Kier alpha value is -1.97. The number of hydrogen-bond donors (Lipinski definition) is 0. The first kappa shape index (κ1) is 13.5. The molecule has 0 spiro atoms. The number of carbonyl (C=O) groups excluding carboxylic acids is 1. The fourth-order valence-corrected chi connectivity index (χ4v) is 1.88. The lowest BCUT2D eigenvalue weighted by atomic mass is 10.1. The molecule has 1 aliphatic carbocycles. The summed E-state index contributed by atoms with van der Waals surface area (Å²) in [7, 11) is 4.70. The molecule has 1 aliphatic rings. The largest absolute Gasteiger partial charge is 0.493 e. The van der Waals surface area contributed by atoms with E-state index in [1.165, 1.54) is 0 Å². The molecule has 4 heteroatoms. The maximum Gasteiger partial charge on any atom is 0.203 e. The molecule has 0 amide bonds. The van der Waals surface area contributed by atoms with Crippen LogP contribution in [0.15, 0.2) is 18.2 Å². The van der Waals surface area contributed by atoms with Gasteiger partial charge in [-0.3, -0.25) is 4.79 Å². The minimum Gasteiger partial charge on any atom is -0.493 e. The van der Waals surface area contributed by atoms with Crippen LogP contribution in [-0.2, 0) is 4.79 Å². The van der Waals surface area contributed by atoms with E-state index < -0.39 is 0 Å². The van der Waals surface area contributed by atoms with Gasteiger partial charge in [-0.1, -0.05) is 6.08 Å². The number of ether oxygens (including phenoxy) is 3. The van der Waals surface area contributed by atoms with Gasteiger partial charge in [-0.25, -0.2) is 0 Å². The highest BCUT2D eigenvalue weighted by atomic mass is 16.5. The van der Waals surface area contributed by atoms with Gasteiger partial charge in [-0.2, -0.15) is 0 Å². The first-order chi connectivity index (χ1) is 9.19. The second kappa shape index (κ2) is 5.78. The molecule has 102 valence electrons. The average molecular weight is 262 g/mol. The van der Waals surface area contributed by atoms with Crippen molar-refractivity contribution in [2.45, 2.75) is 12.8 Å². The Morgan fingerprint density at radius 2 is 1.68 bits per heavy atom. The van der Waals surface area contributed by atoms with Gasteiger partial charge in [0, 0.05) is 5.92 Å². The normalized spacial score (nSPS) is 14.5. The third kappa shape index (κ3) is 3.08. The van der Waals surface area contributed by atoms with Crippen molar-refractivity contribution in [3.8, 4) is 17.2 Å². The molecular formula is C15H18O4. The molecule has 0 aliphatic heterocycles. The standard InChI is InChI=1S/C15H18O4/c1-17-13-8-10(4-7-12(16)11-5-6-11)9-14(18-2)15(13)19-3/h4,7-9,11H,5-6H2,1-3H3/b7-4+. The summed E-state index contributed by atoms with van der Waals surface area (Å²) in [5.74, 6) is 2.14. The Morgan fingerprint density at radius 1 is 1.11 bits per heavy atom. The van der Waals surface area contributed by atoms with Crippen LogP contribution in [0.3, 0.4) is 0 Å². The van der Waals surface area contributed by atoms with Crippen molar-refractivity contribution in [2.24, 2.45) is 5.92 Å². The number of rotatable bonds is 6. The lowest BCUT2D eigenvalue weighted by Crippen LogP contribution is -1.96. The summed E-state index contributed by atoms with van der Waals surface area (Å²) in [4.78, 5) is 11.6. The Labute approximate surface area is 113 Å². The average Bonchev–Trinajstić information content (AvgIpc) is 3.27. The minimum absolute atomic E-state index is 0.189. The van der Waals surface area contributed by atoms with Crippen LogP contribution in [0.25, 0.3) is 6.08 Å². The zero-order valence-electron chi connectivity index (χ0n) is 11.4. The van der Waals surface area contributed by atoms with Crippen molar-refractivity contribution in [1.82, 2.24) is 0 Å². The summed E-state index contributed by atoms with van der Waals surface area (Å²) in [5, 5.41) is 0. The summed E-state index contributed by atoms with van der Waals surface area (Å²) < 4.78 is 15.8. The zero-order chi connectivity index (χ0) is 13.8. The van der Waals surface area contributed by atoms with Crippen molar-refractivity contribution in [3.05, 3.63) is 23.8 Å². The monoisotopic (exact) mass is 262 g/mol. The number of methoxy groups -OCH3 is 3. The maximum absolute atomic E-state index is 11.6.